The van der Waals surface area contributed by atoms with Gasteiger partial charge in [0.15, 0.2) is 0 Å². The molecule has 2 rings (SSSR count). The Morgan fingerprint density at radius 3 is 3.08 bits per heavy atom. The Morgan fingerprint density at radius 1 is 1.69 bits per heavy atom. The van der Waals surface area contributed by atoms with Crippen molar-refractivity contribution in [2.45, 2.75) is 25.6 Å². The molecule has 0 amide bonds. The van der Waals surface area contributed by atoms with Gasteiger partial charge < -0.3 is 9.84 Å². The van der Waals surface area contributed by atoms with E-state index in [1.807, 2.05) is 16.8 Å². The lowest BCUT2D eigenvalue weighted by Crippen LogP contribution is -2.22. The predicted octanol–water partition coefficient (Wildman–Crippen LogP) is 2.21. The van der Waals surface area contributed by atoms with Crippen LogP contribution in [-0.4, -0.2) is 17.8 Å². The van der Waals surface area contributed by atoms with Crippen molar-refractivity contribution in [2.75, 3.05) is 6.61 Å². The van der Waals surface area contributed by atoms with Crippen molar-refractivity contribution >= 4 is 11.3 Å². The van der Waals surface area contributed by atoms with Gasteiger partial charge in [-0.05, 0) is 34.7 Å². The zero-order valence-corrected chi connectivity index (χ0v) is 8.46. The number of hydrogen-bond donors (Lipinski definition) is 1. The maximum atomic E-state index is 9.96. The molecule has 1 aromatic heterocycles. The fourth-order valence-corrected chi connectivity index (χ4v) is 2.44. The Kier molecular flexibility index (Phi) is 2.67. The summed E-state index contributed by atoms with van der Waals surface area (Å²) in [4.78, 5) is 0. The van der Waals surface area contributed by atoms with Crippen molar-refractivity contribution in [3.8, 4) is 0 Å². The van der Waals surface area contributed by atoms with Crippen LogP contribution in [0, 0.1) is 5.92 Å². The van der Waals surface area contributed by atoms with Gasteiger partial charge in [0.1, 0.15) is 6.10 Å². The molecular formula is C10H14O2S. The Labute approximate surface area is 82.2 Å². The average molecular weight is 198 g/mol. The highest BCUT2D eigenvalue weighted by Gasteiger charge is 2.31. The van der Waals surface area contributed by atoms with Crippen molar-refractivity contribution in [1.82, 2.24) is 0 Å². The van der Waals surface area contributed by atoms with Gasteiger partial charge in [-0.1, -0.05) is 6.92 Å². The molecule has 72 valence electrons. The predicted molar refractivity (Wildman–Crippen MR) is 52.8 cm³/mol. The van der Waals surface area contributed by atoms with Crippen molar-refractivity contribution in [3.05, 3.63) is 22.4 Å². The highest BCUT2D eigenvalue weighted by atomic mass is 32.1. The average Bonchev–Trinajstić information content (AvgIpc) is 2.72. The van der Waals surface area contributed by atoms with E-state index in [1.54, 1.807) is 11.3 Å². The van der Waals surface area contributed by atoms with Crippen LogP contribution in [0.5, 0.6) is 0 Å². The second-order valence-electron chi connectivity index (χ2n) is 3.60. The van der Waals surface area contributed by atoms with Gasteiger partial charge in [0, 0.05) is 6.61 Å². The summed E-state index contributed by atoms with van der Waals surface area (Å²) in [6.45, 7) is 2.92. The summed E-state index contributed by atoms with van der Waals surface area (Å²) in [5.74, 6) is 0.468. The molecule has 1 fully saturated rings. The third kappa shape index (κ3) is 1.77. The number of aliphatic hydroxyl groups is 1. The first kappa shape index (κ1) is 9.19. The van der Waals surface area contributed by atoms with Gasteiger partial charge >= 0.3 is 0 Å². The quantitative estimate of drug-likeness (QED) is 0.789. The van der Waals surface area contributed by atoms with Gasteiger partial charge in [-0.25, -0.2) is 0 Å². The SMILES string of the molecule is CC1CCOC1C(O)c1ccsc1. The lowest BCUT2D eigenvalue weighted by atomic mass is 9.96. The maximum Gasteiger partial charge on any atom is 0.106 e. The fraction of sp³-hybridized carbons (Fsp3) is 0.600. The minimum absolute atomic E-state index is 0.00500. The smallest absolute Gasteiger partial charge is 0.106 e. The third-order valence-corrected chi connectivity index (χ3v) is 3.34. The lowest BCUT2D eigenvalue weighted by Gasteiger charge is -2.20. The molecule has 3 atom stereocenters. The molecule has 0 bridgehead atoms. The van der Waals surface area contributed by atoms with Gasteiger partial charge in [-0.3, -0.25) is 0 Å². The summed E-state index contributed by atoms with van der Waals surface area (Å²) in [5, 5.41) is 13.9. The number of thiophene rings is 1. The highest BCUT2D eigenvalue weighted by Crippen LogP contribution is 2.31. The minimum atomic E-state index is -0.441. The second kappa shape index (κ2) is 3.78. The van der Waals surface area contributed by atoms with Crippen molar-refractivity contribution in [1.29, 1.82) is 0 Å². The summed E-state index contributed by atoms with van der Waals surface area (Å²) in [6, 6.07) is 1.96. The molecule has 13 heavy (non-hydrogen) atoms. The van der Waals surface area contributed by atoms with Crippen LogP contribution in [0.3, 0.4) is 0 Å². The molecule has 2 heterocycles. The minimum Gasteiger partial charge on any atom is -0.386 e. The topological polar surface area (TPSA) is 29.5 Å². The Hall–Kier alpha value is -0.380. The molecule has 1 N–H and O–H groups in total. The first-order valence-corrected chi connectivity index (χ1v) is 5.55. The van der Waals surface area contributed by atoms with Gasteiger partial charge in [-0.15, -0.1) is 0 Å². The van der Waals surface area contributed by atoms with Crippen LogP contribution in [0.4, 0.5) is 0 Å². The molecule has 3 unspecified atom stereocenters. The molecular weight excluding hydrogens is 184 g/mol. The molecule has 0 saturated carbocycles. The van der Waals surface area contributed by atoms with E-state index < -0.39 is 6.10 Å². The summed E-state index contributed by atoms with van der Waals surface area (Å²) < 4.78 is 5.51. The zero-order valence-electron chi connectivity index (χ0n) is 7.64. The van der Waals surface area contributed by atoms with Gasteiger partial charge in [0.25, 0.3) is 0 Å². The van der Waals surface area contributed by atoms with Crippen LogP contribution >= 0.6 is 11.3 Å². The first-order valence-electron chi connectivity index (χ1n) is 4.61. The third-order valence-electron chi connectivity index (χ3n) is 2.64. The molecule has 1 aliphatic rings. The van der Waals surface area contributed by atoms with E-state index in [-0.39, 0.29) is 6.10 Å². The number of ether oxygens (including phenoxy) is 1. The van der Waals surface area contributed by atoms with Crippen molar-refractivity contribution < 1.29 is 9.84 Å². The van der Waals surface area contributed by atoms with Crippen molar-refractivity contribution in [2.24, 2.45) is 5.92 Å². The van der Waals surface area contributed by atoms with E-state index >= 15 is 0 Å². The van der Waals surface area contributed by atoms with Crippen molar-refractivity contribution in [3.63, 3.8) is 0 Å². The van der Waals surface area contributed by atoms with E-state index in [0.717, 1.165) is 18.6 Å². The zero-order chi connectivity index (χ0) is 9.26. The van der Waals surface area contributed by atoms with E-state index in [2.05, 4.69) is 6.92 Å². The Morgan fingerprint density at radius 2 is 2.54 bits per heavy atom. The van der Waals surface area contributed by atoms with Crippen LogP contribution in [-0.2, 0) is 4.74 Å². The first-order chi connectivity index (χ1) is 6.29. The summed E-state index contributed by atoms with van der Waals surface area (Å²) in [7, 11) is 0. The number of aliphatic hydroxyl groups excluding tert-OH is 1. The highest BCUT2D eigenvalue weighted by molar-refractivity contribution is 7.07. The molecule has 1 aromatic rings. The Balaban J connectivity index is 2.08. The largest absolute Gasteiger partial charge is 0.386 e. The van der Waals surface area contributed by atoms with Gasteiger partial charge in [-0.2, -0.15) is 11.3 Å². The maximum absolute atomic E-state index is 9.96. The van der Waals surface area contributed by atoms with Gasteiger partial charge in [0.2, 0.25) is 0 Å². The van der Waals surface area contributed by atoms with Gasteiger partial charge in [0.05, 0.1) is 6.10 Å². The lowest BCUT2D eigenvalue weighted by molar-refractivity contribution is -0.0176. The van der Waals surface area contributed by atoms with E-state index in [1.165, 1.54) is 0 Å². The Bertz CT molecular complexity index is 258. The summed E-state index contributed by atoms with van der Waals surface area (Å²) in [6.07, 6.45) is 0.615. The number of hydrogen-bond acceptors (Lipinski definition) is 3. The fourth-order valence-electron chi connectivity index (χ4n) is 1.75. The molecule has 0 aliphatic carbocycles. The summed E-state index contributed by atoms with van der Waals surface area (Å²) >= 11 is 1.61. The van der Waals surface area contributed by atoms with Crippen LogP contribution < -0.4 is 0 Å². The molecule has 0 spiro atoms. The van der Waals surface area contributed by atoms with E-state index in [0.29, 0.717) is 5.92 Å². The molecule has 3 heteroatoms. The normalized spacial score (nSPS) is 30.6. The molecule has 0 aromatic carbocycles. The summed E-state index contributed by atoms with van der Waals surface area (Å²) in [5.41, 5.74) is 0.990. The standard InChI is InChI=1S/C10H14O2S/c1-7-2-4-12-10(7)9(11)8-3-5-13-6-8/h3,5-7,9-11H,2,4H2,1H3. The molecule has 2 nitrogen and oxygen atoms in total. The van der Waals surface area contributed by atoms with E-state index in [4.69, 9.17) is 4.74 Å². The van der Waals surface area contributed by atoms with Crippen LogP contribution in [0.25, 0.3) is 0 Å². The molecule has 1 aliphatic heterocycles. The van der Waals surface area contributed by atoms with E-state index in [9.17, 15) is 5.11 Å². The number of rotatable bonds is 2. The van der Waals surface area contributed by atoms with Crippen LogP contribution in [0.2, 0.25) is 0 Å². The van der Waals surface area contributed by atoms with Crippen LogP contribution in [0.15, 0.2) is 16.8 Å². The molecule has 0 radical (unpaired) electrons. The van der Waals surface area contributed by atoms with Crippen LogP contribution in [0.1, 0.15) is 25.0 Å². The second-order valence-corrected chi connectivity index (χ2v) is 4.38. The monoisotopic (exact) mass is 198 g/mol. The molecule has 1 saturated heterocycles.